The molecule has 0 saturated carbocycles. The molecule has 1 saturated heterocycles. The molecule has 2 aliphatic rings. The molecule has 0 aromatic heterocycles. The van der Waals surface area contributed by atoms with Gasteiger partial charge in [0, 0.05) is 6.42 Å². The Kier molecular flexibility index (Phi) is 4.32. The number of amides is 1. The monoisotopic (exact) mass is 301 g/mol. The number of nitrogens with zero attached hydrogens (tertiary/aromatic N) is 1. The van der Waals surface area contributed by atoms with Gasteiger partial charge >= 0.3 is 0 Å². The van der Waals surface area contributed by atoms with E-state index < -0.39 is 5.54 Å². The summed E-state index contributed by atoms with van der Waals surface area (Å²) in [6, 6.07) is 9.34. The molecular formula is C18H23NO3. The molecule has 2 N–H and O–H groups in total. The van der Waals surface area contributed by atoms with Gasteiger partial charge in [-0.2, -0.15) is 0 Å². The highest BCUT2D eigenvalue weighted by atomic mass is 16.3. The van der Waals surface area contributed by atoms with Gasteiger partial charge in [-0.25, -0.2) is 0 Å². The van der Waals surface area contributed by atoms with Crippen LogP contribution in [0.1, 0.15) is 43.7 Å². The number of carbonyl (C=O) groups is 1. The van der Waals surface area contributed by atoms with E-state index in [1.165, 1.54) is 0 Å². The molecule has 1 aliphatic heterocycles. The average molecular weight is 301 g/mol. The lowest BCUT2D eigenvalue weighted by Crippen LogP contribution is -2.51. The summed E-state index contributed by atoms with van der Waals surface area (Å²) < 4.78 is 0. The van der Waals surface area contributed by atoms with Gasteiger partial charge in [-0.15, -0.1) is 0 Å². The minimum atomic E-state index is -0.409. The SMILES string of the molecule is O=C1CC[C@]2(CCCC=C2CO)N1[C@@H](CO)c1ccccc1. The maximum absolute atomic E-state index is 12.6. The molecular weight excluding hydrogens is 278 g/mol. The van der Waals surface area contributed by atoms with Crippen molar-refractivity contribution in [2.75, 3.05) is 13.2 Å². The Morgan fingerprint density at radius 3 is 2.64 bits per heavy atom. The third-order valence-corrected chi connectivity index (χ3v) is 5.10. The number of aliphatic hydroxyl groups excluding tert-OH is 2. The van der Waals surface area contributed by atoms with E-state index in [2.05, 4.69) is 6.08 Å². The topological polar surface area (TPSA) is 60.8 Å². The van der Waals surface area contributed by atoms with Crippen LogP contribution in [0, 0.1) is 0 Å². The van der Waals surface area contributed by atoms with Gasteiger partial charge in [-0.3, -0.25) is 4.79 Å². The van der Waals surface area contributed by atoms with E-state index >= 15 is 0 Å². The van der Waals surface area contributed by atoms with Gasteiger partial charge in [0.25, 0.3) is 0 Å². The molecule has 4 heteroatoms. The molecule has 1 spiro atoms. The van der Waals surface area contributed by atoms with Crippen LogP contribution in [0.25, 0.3) is 0 Å². The predicted molar refractivity (Wildman–Crippen MR) is 84.1 cm³/mol. The highest BCUT2D eigenvalue weighted by Gasteiger charge is 2.50. The smallest absolute Gasteiger partial charge is 0.223 e. The number of rotatable bonds is 4. The fourth-order valence-electron chi connectivity index (χ4n) is 4.07. The Labute approximate surface area is 131 Å². The lowest BCUT2D eigenvalue weighted by molar-refractivity contribution is -0.135. The highest BCUT2D eigenvalue weighted by Crippen LogP contribution is 2.47. The zero-order valence-corrected chi connectivity index (χ0v) is 12.7. The first kappa shape index (κ1) is 15.3. The molecule has 3 rings (SSSR count). The number of hydrogen-bond donors (Lipinski definition) is 2. The van der Waals surface area contributed by atoms with E-state index in [-0.39, 0.29) is 25.2 Å². The summed E-state index contributed by atoms with van der Waals surface area (Å²) in [5.74, 6) is 0.0733. The number of hydrogen-bond acceptors (Lipinski definition) is 3. The second kappa shape index (κ2) is 6.23. The molecule has 1 fully saturated rings. The number of benzene rings is 1. The van der Waals surface area contributed by atoms with Crippen LogP contribution in [0.15, 0.2) is 42.0 Å². The standard InChI is InChI=1S/C18H23NO3/c20-12-15-8-4-5-10-18(15)11-9-17(22)19(18)16(13-21)14-6-2-1-3-7-14/h1-3,6-8,16,20-21H,4-5,9-13H2/t16-,18-/m0/s1. The minimum Gasteiger partial charge on any atom is -0.394 e. The molecule has 1 aromatic rings. The van der Waals surface area contributed by atoms with Crippen LogP contribution in [-0.4, -0.2) is 39.8 Å². The van der Waals surface area contributed by atoms with Crippen LogP contribution in [0.4, 0.5) is 0 Å². The molecule has 22 heavy (non-hydrogen) atoms. The molecule has 4 nitrogen and oxygen atoms in total. The first-order valence-electron chi connectivity index (χ1n) is 8.01. The van der Waals surface area contributed by atoms with Crippen molar-refractivity contribution in [1.29, 1.82) is 0 Å². The number of aliphatic hydroxyl groups is 2. The van der Waals surface area contributed by atoms with E-state index in [4.69, 9.17) is 0 Å². The average Bonchev–Trinajstić information content (AvgIpc) is 2.88. The van der Waals surface area contributed by atoms with E-state index in [0.717, 1.165) is 36.8 Å². The third kappa shape index (κ3) is 2.36. The van der Waals surface area contributed by atoms with Crippen molar-refractivity contribution in [3.63, 3.8) is 0 Å². The van der Waals surface area contributed by atoms with E-state index in [0.29, 0.717) is 6.42 Å². The molecule has 0 radical (unpaired) electrons. The van der Waals surface area contributed by atoms with Crippen molar-refractivity contribution in [2.45, 2.75) is 43.7 Å². The molecule has 1 aliphatic carbocycles. The quantitative estimate of drug-likeness (QED) is 0.838. The molecule has 0 unspecified atom stereocenters. The van der Waals surface area contributed by atoms with Crippen molar-refractivity contribution < 1.29 is 15.0 Å². The van der Waals surface area contributed by atoms with Gasteiger partial charge in [0.1, 0.15) is 0 Å². The molecule has 1 heterocycles. The summed E-state index contributed by atoms with van der Waals surface area (Å²) in [5.41, 5.74) is 1.48. The fraction of sp³-hybridized carbons (Fsp3) is 0.500. The van der Waals surface area contributed by atoms with Gasteiger partial charge in [0.15, 0.2) is 0 Å². The molecule has 0 bridgehead atoms. The second-order valence-corrected chi connectivity index (χ2v) is 6.18. The van der Waals surface area contributed by atoms with E-state index in [9.17, 15) is 15.0 Å². The number of likely N-dealkylation sites (tertiary alicyclic amines) is 1. The zero-order chi connectivity index (χ0) is 15.6. The Morgan fingerprint density at radius 2 is 1.95 bits per heavy atom. The summed E-state index contributed by atoms with van der Waals surface area (Å²) >= 11 is 0. The van der Waals surface area contributed by atoms with Crippen LogP contribution in [-0.2, 0) is 4.79 Å². The normalized spacial score (nSPS) is 26.4. The van der Waals surface area contributed by atoms with Crippen molar-refractivity contribution in [3.8, 4) is 0 Å². The van der Waals surface area contributed by atoms with Crippen LogP contribution in [0.2, 0.25) is 0 Å². The van der Waals surface area contributed by atoms with Crippen LogP contribution in [0.3, 0.4) is 0 Å². The van der Waals surface area contributed by atoms with Gasteiger partial charge in [-0.05, 0) is 36.8 Å². The summed E-state index contributed by atoms with van der Waals surface area (Å²) in [4.78, 5) is 14.4. The number of allylic oxidation sites excluding steroid dienone is 1. The maximum atomic E-state index is 12.6. The minimum absolute atomic E-state index is 0.0171. The fourth-order valence-corrected chi connectivity index (χ4v) is 4.07. The Hall–Kier alpha value is -1.65. The summed E-state index contributed by atoms with van der Waals surface area (Å²) in [6.07, 6.45) is 6.14. The molecule has 1 amide bonds. The van der Waals surface area contributed by atoms with Crippen LogP contribution >= 0.6 is 0 Å². The second-order valence-electron chi connectivity index (χ2n) is 6.18. The largest absolute Gasteiger partial charge is 0.394 e. The molecule has 118 valence electrons. The van der Waals surface area contributed by atoms with E-state index in [1.807, 2.05) is 35.2 Å². The van der Waals surface area contributed by atoms with Crippen LogP contribution < -0.4 is 0 Å². The zero-order valence-electron chi connectivity index (χ0n) is 12.7. The predicted octanol–water partition coefficient (Wildman–Crippen LogP) is 2.18. The summed E-state index contributed by atoms with van der Waals surface area (Å²) in [7, 11) is 0. The lowest BCUT2D eigenvalue weighted by Gasteiger charge is -2.46. The van der Waals surface area contributed by atoms with Crippen molar-refractivity contribution in [1.82, 2.24) is 4.90 Å². The van der Waals surface area contributed by atoms with Crippen molar-refractivity contribution >= 4 is 5.91 Å². The Balaban J connectivity index is 2.03. The van der Waals surface area contributed by atoms with Crippen molar-refractivity contribution in [2.24, 2.45) is 0 Å². The van der Waals surface area contributed by atoms with Gasteiger partial charge in [-0.1, -0.05) is 36.4 Å². The molecule has 1 aromatic carbocycles. The summed E-state index contributed by atoms with van der Waals surface area (Å²) in [6.45, 7) is -0.118. The highest BCUT2D eigenvalue weighted by molar-refractivity contribution is 5.81. The van der Waals surface area contributed by atoms with Gasteiger partial charge in [0.05, 0.1) is 24.8 Å². The first-order chi connectivity index (χ1) is 10.7. The Morgan fingerprint density at radius 1 is 1.18 bits per heavy atom. The van der Waals surface area contributed by atoms with Crippen molar-refractivity contribution in [3.05, 3.63) is 47.5 Å². The lowest BCUT2D eigenvalue weighted by atomic mass is 9.77. The summed E-state index contributed by atoms with van der Waals surface area (Å²) in [5, 5.41) is 19.7. The third-order valence-electron chi connectivity index (χ3n) is 5.10. The number of carbonyl (C=O) groups excluding carboxylic acids is 1. The van der Waals surface area contributed by atoms with Crippen LogP contribution in [0.5, 0.6) is 0 Å². The van der Waals surface area contributed by atoms with E-state index in [1.54, 1.807) is 0 Å². The Bertz CT molecular complexity index is 569. The maximum Gasteiger partial charge on any atom is 0.223 e. The van der Waals surface area contributed by atoms with Gasteiger partial charge < -0.3 is 15.1 Å². The first-order valence-corrected chi connectivity index (χ1v) is 8.01. The van der Waals surface area contributed by atoms with Gasteiger partial charge in [0.2, 0.25) is 5.91 Å². The molecule has 2 atom stereocenters.